The standard InChI is InChI=1S/C17H21N7O2/c1-10-14(20-7-6-19-10)16-22-15(24-26-16)11-4-5-12(13(8-11)23-18)21-9-17(2,3)25/h4-8,21,23,25H,9,18H2,1-3H3. The Morgan fingerprint density at radius 3 is 2.65 bits per heavy atom. The largest absolute Gasteiger partial charge is 0.389 e. The van der Waals surface area contributed by atoms with E-state index < -0.39 is 5.60 Å². The quantitative estimate of drug-likeness (QED) is 0.386. The molecule has 0 amide bonds. The lowest BCUT2D eigenvalue weighted by Gasteiger charge is -2.20. The number of aliphatic hydroxyl groups is 1. The van der Waals surface area contributed by atoms with E-state index in [0.29, 0.717) is 35.3 Å². The van der Waals surface area contributed by atoms with Gasteiger partial charge in [-0.05, 0) is 39.0 Å². The first-order valence-electron chi connectivity index (χ1n) is 8.06. The van der Waals surface area contributed by atoms with E-state index in [1.807, 2.05) is 19.1 Å². The maximum absolute atomic E-state index is 9.85. The van der Waals surface area contributed by atoms with Crippen LogP contribution in [0.5, 0.6) is 0 Å². The second kappa shape index (κ2) is 7.06. The molecule has 0 aliphatic carbocycles. The Balaban J connectivity index is 1.87. The number of nitrogen functional groups attached to an aromatic ring is 1. The number of hydrazine groups is 1. The zero-order valence-electron chi connectivity index (χ0n) is 14.8. The van der Waals surface area contributed by atoms with Crippen LogP contribution in [0.2, 0.25) is 0 Å². The smallest absolute Gasteiger partial charge is 0.278 e. The minimum absolute atomic E-state index is 0.303. The van der Waals surface area contributed by atoms with E-state index in [1.54, 1.807) is 32.3 Å². The lowest BCUT2D eigenvalue weighted by atomic mass is 10.1. The molecule has 0 aliphatic heterocycles. The predicted octanol–water partition coefficient (Wildman–Crippen LogP) is 1.97. The van der Waals surface area contributed by atoms with Gasteiger partial charge >= 0.3 is 0 Å². The Kier molecular flexibility index (Phi) is 4.83. The van der Waals surface area contributed by atoms with E-state index in [-0.39, 0.29) is 0 Å². The van der Waals surface area contributed by atoms with Crippen molar-refractivity contribution in [1.29, 1.82) is 0 Å². The van der Waals surface area contributed by atoms with E-state index >= 15 is 0 Å². The lowest BCUT2D eigenvalue weighted by molar-refractivity contribution is 0.0945. The Bertz CT molecular complexity index is 902. The second-order valence-electron chi connectivity index (χ2n) is 6.48. The normalized spacial score (nSPS) is 11.4. The van der Waals surface area contributed by atoms with Gasteiger partial charge in [0.25, 0.3) is 5.89 Å². The number of aromatic nitrogens is 4. The van der Waals surface area contributed by atoms with Crippen molar-refractivity contribution < 1.29 is 9.63 Å². The molecule has 1 aromatic carbocycles. The van der Waals surface area contributed by atoms with E-state index in [2.05, 4.69) is 30.9 Å². The first-order valence-corrected chi connectivity index (χ1v) is 8.06. The van der Waals surface area contributed by atoms with Crippen LogP contribution in [0.15, 0.2) is 35.1 Å². The highest BCUT2D eigenvalue weighted by atomic mass is 16.5. The molecule has 0 aliphatic rings. The van der Waals surface area contributed by atoms with Crippen LogP contribution in [0, 0.1) is 6.92 Å². The Labute approximate surface area is 150 Å². The fraction of sp³-hybridized carbons (Fsp3) is 0.294. The van der Waals surface area contributed by atoms with Gasteiger partial charge in [-0.2, -0.15) is 4.98 Å². The van der Waals surface area contributed by atoms with Crippen molar-refractivity contribution in [2.75, 3.05) is 17.3 Å². The van der Waals surface area contributed by atoms with Gasteiger partial charge < -0.3 is 20.4 Å². The van der Waals surface area contributed by atoms with Crippen molar-refractivity contribution in [2.24, 2.45) is 5.84 Å². The van der Waals surface area contributed by atoms with Crippen molar-refractivity contribution in [3.63, 3.8) is 0 Å². The SMILES string of the molecule is Cc1nccnc1-c1nc(-c2ccc(NCC(C)(C)O)c(NN)c2)no1. The number of nitrogens with two attached hydrogens (primary N) is 1. The average molecular weight is 355 g/mol. The summed E-state index contributed by atoms with van der Waals surface area (Å²) in [5, 5.41) is 17.0. The van der Waals surface area contributed by atoms with Crippen LogP contribution in [0.25, 0.3) is 23.0 Å². The molecule has 2 heterocycles. The third-order valence-electron chi connectivity index (χ3n) is 3.65. The fourth-order valence-electron chi connectivity index (χ4n) is 2.32. The number of hydrogen-bond donors (Lipinski definition) is 4. The Morgan fingerprint density at radius 1 is 1.19 bits per heavy atom. The summed E-state index contributed by atoms with van der Waals surface area (Å²) in [6.07, 6.45) is 3.18. The minimum Gasteiger partial charge on any atom is -0.389 e. The third-order valence-corrected chi connectivity index (χ3v) is 3.65. The summed E-state index contributed by atoms with van der Waals surface area (Å²) in [4.78, 5) is 12.8. The molecule has 0 unspecified atom stereocenters. The molecule has 2 aromatic heterocycles. The molecule has 0 spiro atoms. The van der Waals surface area contributed by atoms with Crippen LogP contribution >= 0.6 is 0 Å². The van der Waals surface area contributed by atoms with Gasteiger partial charge in [-0.1, -0.05) is 5.16 Å². The summed E-state index contributed by atoms with van der Waals surface area (Å²) in [5.74, 6) is 6.33. The van der Waals surface area contributed by atoms with Gasteiger partial charge in [-0.3, -0.25) is 10.8 Å². The van der Waals surface area contributed by atoms with Crippen LogP contribution in [-0.4, -0.2) is 37.4 Å². The molecule has 3 aromatic rings. The number of nitrogens with one attached hydrogen (secondary N) is 2. The van der Waals surface area contributed by atoms with Crippen LogP contribution in [-0.2, 0) is 0 Å². The van der Waals surface area contributed by atoms with Gasteiger partial charge in [0.2, 0.25) is 5.82 Å². The molecule has 0 saturated carbocycles. The number of aryl methyl sites for hydroxylation is 1. The zero-order valence-corrected chi connectivity index (χ0v) is 14.8. The van der Waals surface area contributed by atoms with Crippen LogP contribution in [0.4, 0.5) is 11.4 Å². The number of hydrogen-bond acceptors (Lipinski definition) is 9. The Hall–Kier alpha value is -3.04. The van der Waals surface area contributed by atoms with Gasteiger partial charge in [0, 0.05) is 24.5 Å². The lowest BCUT2D eigenvalue weighted by Crippen LogP contribution is -2.29. The first kappa shape index (κ1) is 17.8. The Morgan fingerprint density at radius 2 is 1.96 bits per heavy atom. The fourth-order valence-corrected chi connectivity index (χ4v) is 2.32. The highest BCUT2D eigenvalue weighted by Crippen LogP contribution is 2.29. The van der Waals surface area contributed by atoms with Gasteiger partial charge in [0.15, 0.2) is 0 Å². The van der Waals surface area contributed by atoms with Crippen LogP contribution in [0.3, 0.4) is 0 Å². The number of nitrogens with zero attached hydrogens (tertiary/aromatic N) is 4. The molecule has 9 nitrogen and oxygen atoms in total. The molecule has 26 heavy (non-hydrogen) atoms. The molecular weight excluding hydrogens is 334 g/mol. The summed E-state index contributed by atoms with van der Waals surface area (Å²) in [6, 6.07) is 5.47. The third kappa shape index (κ3) is 3.95. The number of rotatable bonds is 6. The minimum atomic E-state index is -0.846. The van der Waals surface area contributed by atoms with E-state index in [0.717, 1.165) is 11.3 Å². The summed E-state index contributed by atoms with van der Waals surface area (Å²) in [5.41, 5.74) is 5.17. The molecule has 0 radical (unpaired) electrons. The maximum atomic E-state index is 9.85. The maximum Gasteiger partial charge on any atom is 0.278 e. The van der Waals surface area contributed by atoms with Gasteiger partial charge in [-0.15, -0.1) is 0 Å². The molecule has 0 saturated heterocycles. The summed E-state index contributed by atoms with van der Waals surface area (Å²) in [6.45, 7) is 5.64. The molecule has 0 fully saturated rings. The zero-order chi connectivity index (χ0) is 18.7. The van der Waals surface area contributed by atoms with Crippen molar-refractivity contribution in [3.8, 4) is 23.0 Å². The topological polar surface area (TPSA) is 135 Å². The molecule has 0 atom stereocenters. The first-order chi connectivity index (χ1) is 12.4. The van der Waals surface area contributed by atoms with E-state index in [1.165, 1.54) is 0 Å². The summed E-state index contributed by atoms with van der Waals surface area (Å²) < 4.78 is 5.32. The van der Waals surface area contributed by atoms with Crippen molar-refractivity contribution in [3.05, 3.63) is 36.3 Å². The molecule has 5 N–H and O–H groups in total. The second-order valence-corrected chi connectivity index (χ2v) is 6.48. The van der Waals surface area contributed by atoms with Crippen LogP contribution in [0.1, 0.15) is 19.5 Å². The van der Waals surface area contributed by atoms with E-state index in [9.17, 15) is 5.11 Å². The molecule has 136 valence electrons. The highest BCUT2D eigenvalue weighted by molar-refractivity contribution is 5.75. The monoisotopic (exact) mass is 355 g/mol. The number of benzene rings is 1. The highest BCUT2D eigenvalue weighted by Gasteiger charge is 2.16. The van der Waals surface area contributed by atoms with Crippen molar-refractivity contribution >= 4 is 11.4 Å². The molecule has 3 rings (SSSR count). The van der Waals surface area contributed by atoms with Gasteiger partial charge in [0.05, 0.1) is 22.7 Å². The van der Waals surface area contributed by atoms with Crippen LogP contribution < -0.4 is 16.6 Å². The van der Waals surface area contributed by atoms with Crippen molar-refractivity contribution in [2.45, 2.75) is 26.4 Å². The van der Waals surface area contributed by atoms with Gasteiger partial charge in [0.1, 0.15) is 5.69 Å². The van der Waals surface area contributed by atoms with E-state index in [4.69, 9.17) is 10.4 Å². The molecule has 9 heteroatoms. The summed E-state index contributed by atoms with van der Waals surface area (Å²) in [7, 11) is 0. The predicted molar refractivity (Wildman–Crippen MR) is 98.1 cm³/mol. The average Bonchev–Trinajstić information content (AvgIpc) is 3.09. The molecular formula is C17H21N7O2. The van der Waals surface area contributed by atoms with Crippen molar-refractivity contribution in [1.82, 2.24) is 20.1 Å². The van der Waals surface area contributed by atoms with Gasteiger partial charge in [-0.25, -0.2) is 4.98 Å². The molecule has 0 bridgehead atoms. The number of anilines is 2. The summed E-state index contributed by atoms with van der Waals surface area (Å²) >= 11 is 0.